The molecule has 106 valence electrons. The molecular formula is C14H29N3O. The summed E-state index contributed by atoms with van der Waals surface area (Å²) in [6.45, 7) is 12.4. The summed E-state index contributed by atoms with van der Waals surface area (Å²) in [7, 11) is 1.87. The van der Waals surface area contributed by atoms with Gasteiger partial charge in [0.25, 0.3) is 0 Å². The molecule has 1 rings (SSSR count). The van der Waals surface area contributed by atoms with Gasteiger partial charge in [-0.3, -0.25) is 4.79 Å². The van der Waals surface area contributed by atoms with Gasteiger partial charge < -0.3 is 15.1 Å². The van der Waals surface area contributed by atoms with Crippen molar-refractivity contribution in [3.63, 3.8) is 0 Å². The van der Waals surface area contributed by atoms with Gasteiger partial charge in [0.2, 0.25) is 5.91 Å². The average Bonchev–Trinajstić information content (AvgIpc) is 2.76. The molecule has 1 amide bonds. The van der Waals surface area contributed by atoms with Crippen LogP contribution in [0.4, 0.5) is 0 Å². The fourth-order valence-corrected chi connectivity index (χ4v) is 2.29. The second-order valence-electron chi connectivity index (χ2n) is 5.97. The molecule has 0 saturated carbocycles. The van der Waals surface area contributed by atoms with Crippen LogP contribution in [-0.2, 0) is 4.79 Å². The van der Waals surface area contributed by atoms with E-state index in [1.807, 2.05) is 20.9 Å². The van der Waals surface area contributed by atoms with Crippen molar-refractivity contribution >= 4 is 5.91 Å². The number of carbonyl (C=O) groups excluding carboxylic acids is 1. The molecule has 1 heterocycles. The summed E-state index contributed by atoms with van der Waals surface area (Å²) < 4.78 is 0. The van der Waals surface area contributed by atoms with Gasteiger partial charge in [0, 0.05) is 25.7 Å². The topological polar surface area (TPSA) is 35.6 Å². The van der Waals surface area contributed by atoms with E-state index < -0.39 is 0 Å². The highest BCUT2D eigenvalue weighted by atomic mass is 16.2. The molecule has 1 fully saturated rings. The number of amides is 1. The van der Waals surface area contributed by atoms with Crippen LogP contribution in [0.15, 0.2) is 0 Å². The third-order valence-electron chi connectivity index (χ3n) is 3.92. The third-order valence-corrected chi connectivity index (χ3v) is 3.92. The highest BCUT2D eigenvalue weighted by Gasteiger charge is 2.24. The van der Waals surface area contributed by atoms with E-state index in [9.17, 15) is 4.79 Å². The van der Waals surface area contributed by atoms with Gasteiger partial charge in [-0.25, -0.2) is 0 Å². The number of nitrogens with one attached hydrogen (secondary N) is 1. The molecule has 1 aliphatic heterocycles. The first-order chi connectivity index (χ1) is 8.41. The van der Waals surface area contributed by atoms with Crippen molar-refractivity contribution in [1.29, 1.82) is 0 Å². The average molecular weight is 255 g/mol. The number of nitrogens with zero attached hydrogens (tertiary/aromatic N) is 2. The van der Waals surface area contributed by atoms with Gasteiger partial charge in [-0.05, 0) is 53.1 Å². The molecule has 0 aromatic carbocycles. The zero-order valence-electron chi connectivity index (χ0n) is 12.6. The molecule has 1 atom stereocenters. The van der Waals surface area contributed by atoms with Crippen molar-refractivity contribution in [2.24, 2.45) is 5.92 Å². The smallest absolute Gasteiger partial charge is 0.236 e. The number of likely N-dealkylation sites (N-methyl/N-ethyl adjacent to an activating group) is 1. The van der Waals surface area contributed by atoms with E-state index in [2.05, 4.69) is 24.1 Å². The number of hydrogen-bond donors (Lipinski definition) is 1. The van der Waals surface area contributed by atoms with Crippen LogP contribution in [0.1, 0.15) is 34.1 Å². The molecule has 1 N–H and O–H groups in total. The highest BCUT2D eigenvalue weighted by Crippen LogP contribution is 2.17. The lowest BCUT2D eigenvalue weighted by atomic mass is 10.1. The van der Waals surface area contributed by atoms with Gasteiger partial charge in [0.05, 0.1) is 6.54 Å². The molecule has 0 aliphatic carbocycles. The first kappa shape index (κ1) is 15.4. The Morgan fingerprint density at radius 3 is 2.56 bits per heavy atom. The monoisotopic (exact) mass is 255 g/mol. The standard InChI is InChI=1S/C14H29N3O/c1-11(2)16(5)14(18)9-15-8-13-6-7-17(10-13)12(3)4/h11-13,15H,6-10H2,1-5H3. The molecule has 0 aromatic rings. The van der Waals surface area contributed by atoms with Gasteiger partial charge in [-0.2, -0.15) is 0 Å². The van der Waals surface area contributed by atoms with E-state index in [-0.39, 0.29) is 11.9 Å². The molecule has 4 heteroatoms. The van der Waals surface area contributed by atoms with Crippen LogP contribution < -0.4 is 5.32 Å². The molecule has 1 saturated heterocycles. The molecule has 0 bridgehead atoms. The molecule has 0 aromatic heterocycles. The summed E-state index contributed by atoms with van der Waals surface area (Å²) >= 11 is 0. The number of hydrogen-bond acceptors (Lipinski definition) is 3. The zero-order chi connectivity index (χ0) is 13.7. The summed E-state index contributed by atoms with van der Waals surface area (Å²) in [5.74, 6) is 0.883. The Bertz CT molecular complexity index is 266. The lowest BCUT2D eigenvalue weighted by Gasteiger charge is -2.22. The van der Waals surface area contributed by atoms with Gasteiger partial charge in [-0.1, -0.05) is 0 Å². The SMILES string of the molecule is CC(C)N1CCC(CNCC(=O)N(C)C(C)C)C1. The molecule has 1 aliphatic rings. The van der Waals surface area contributed by atoms with Crippen molar-refractivity contribution in [1.82, 2.24) is 15.1 Å². The van der Waals surface area contributed by atoms with Gasteiger partial charge in [0.1, 0.15) is 0 Å². The van der Waals surface area contributed by atoms with E-state index in [0.717, 1.165) is 6.54 Å². The minimum atomic E-state index is 0.184. The van der Waals surface area contributed by atoms with Crippen LogP contribution in [0.2, 0.25) is 0 Å². The Labute approximate surface area is 112 Å². The van der Waals surface area contributed by atoms with E-state index in [0.29, 0.717) is 18.5 Å². The molecule has 18 heavy (non-hydrogen) atoms. The van der Waals surface area contributed by atoms with Crippen molar-refractivity contribution in [3.8, 4) is 0 Å². The Balaban J connectivity index is 2.17. The maximum absolute atomic E-state index is 11.8. The lowest BCUT2D eigenvalue weighted by molar-refractivity contribution is -0.130. The normalized spacial score (nSPS) is 20.9. The molecule has 1 unspecified atom stereocenters. The molecular weight excluding hydrogens is 226 g/mol. The number of carbonyl (C=O) groups is 1. The van der Waals surface area contributed by atoms with Crippen molar-refractivity contribution < 1.29 is 4.79 Å². The zero-order valence-corrected chi connectivity index (χ0v) is 12.6. The van der Waals surface area contributed by atoms with E-state index >= 15 is 0 Å². The van der Waals surface area contributed by atoms with Gasteiger partial charge in [-0.15, -0.1) is 0 Å². The maximum Gasteiger partial charge on any atom is 0.236 e. The lowest BCUT2D eigenvalue weighted by Crippen LogP contribution is -2.40. The van der Waals surface area contributed by atoms with E-state index in [1.165, 1.54) is 19.5 Å². The van der Waals surface area contributed by atoms with Crippen LogP contribution in [0.25, 0.3) is 0 Å². The van der Waals surface area contributed by atoms with Crippen LogP contribution in [0.5, 0.6) is 0 Å². The largest absolute Gasteiger partial charge is 0.342 e. The number of likely N-dealkylation sites (tertiary alicyclic amines) is 1. The van der Waals surface area contributed by atoms with Crippen LogP contribution in [0, 0.1) is 5.92 Å². The summed E-state index contributed by atoms with van der Waals surface area (Å²) in [6.07, 6.45) is 1.25. The van der Waals surface area contributed by atoms with Crippen LogP contribution in [0.3, 0.4) is 0 Å². The van der Waals surface area contributed by atoms with Gasteiger partial charge in [0.15, 0.2) is 0 Å². The highest BCUT2D eigenvalue weighted by molar-refractivity contribution is 5.78. The summed E-state index contributed by atoms with van der Waals surface area (Å²) in [4.78, 5) is 16.1. The van der Waals surface area contributed by atoms with Crippen LogP contribution >= 0.6 is 0 Å². The summed E-state index contributed by atoms with van der Waals surface area (Å²) in [5.41, 5.74) is 0. The first-order valence-electron chi connectivity index (χ1n) is 7.12. The Kier molecular flexibility index (Phi) is 6.09. The van der Waals surface area contributed by atoms with Crippen molar-refractivity contribution in [3.05, 3.63) is 0 Å². The van der Waals surface area contributed by atoms with Gasteiger partial charge >= 0.3 is 0 Å². The predicted octanol–water partition coefficient (Wildman–Crippen LogP) is 1.17. The Morgan fingerprint density at radius 2 is 2.06 bits per heavy atom. The third kappa shape index (κ3) is 4.58. The summed E-state index contributed by atoms with van der Waals surface area (Å²) in [6, 6.07) is 0.922. The molecule has 0 spiro atoms. The fraction of sp³-hybridized carbons (Fsp3) is 0.929. The first-order valence-corrected chi connectivity index (χ1v) is 7.12. The second-order valence-corrected chi connectivity index (χ2v) is 5.97. The van der Waals surface area contributed by atoms with E-state index in [1.54, 1.807) is 4.90 Å². The Morgan fingerprint density at radius 1 is 1.39 bits per heavy atom. The fourth-order valence-electron chi connectivity index (χ4n) is 2.29. The predicted molar refractivity (Wildman–Crippen MR) is 75.6 cm³/mol. The second kappa shape index (κ2) is 7.10. The van der Waals surface area contributed by atoms with Crippen LogP contribution in [-0.4, -0.2) is 61.0 Å². The number of rotatable bonds is 6. The minimum Gasteiger partial charge on any atom is -0.342 e. The summed E-state index contributed by atoms with van der Waals surface area (Å²) in [5, 5.41) is 3.30. The minimum absolute atomic E-state index is 0.184. The van der Waals surface area contributed by atoms with Crippen molar-refractivity contribution in [2.75, 3.05) is 33.2 Å². The molecule has 4 nitrogen and oxygen atoms in total. The maximum atomic E-state index is 11.8. The molecule has 0 radical (unpaired) electrons. The Hall–Kier alpha value is -0.610. The van der Waals surface area contributed by atoms with Crippen molar-refractivity contribution in [2.45, 2.75) is 46.2 Å². The quantitative estimate of drug-likeness (QED) is 0.774. The van der Waals surface area contributed by atoms with E-state index in [4.69, 9.17) is 0 Å².